The summed E-state index contributed by atoms with van der Waals surface area (Å²) in [7, 11) is 0. The van der Waals surface area contributed by atoms with Crippen molar-refractivity contribution < 1.29 is 14.4 Å². The summed E-state index contributed by atoms with van der Waals surface area (Å²) >= 11 is 0. The van der Waals surface area contributed by atoms with Crippen LogP contribution in [0.1, 0.15) is 35.4 Å². The molecule has 8 heteroatoms. The van der Waals surface area contributed by atoms with E-state index in [9.17, 15) is 14.4 Å². The maximum absolute atomic E-state index is 12.9. The van der Waals surface area contributed by atoms with E-state index in [4.69, 9.17) is 0 Å². The number of amides is 3. The lowest BCUT2D eigenvalue weighted by molar-refractivity contribution is -0.134. The number of fused-ring (bicyclic) bond motifs is 1. The number of imidazole rings is 1. The molecule has 1 atom stereocenters. The van der Waals surface area contributed by atoms with Crippen LogP contribution < -0.4 is 5.32 Å². The maximum Gasteiger partial charge on any atom is 0.253 e. The average molecular weight is 369 g/mol. The zero-order chi connectivity index (χ0) is 19.0. The number of H-pyrrole nitrogens is 1. The fraction of sp³-hybridized carbons (Fsp3) is 0.474. The minimum absolute atomic E-state index is 0.0346. The van der Waals surface area contributed by atoms with Gasteiger partial charge in [-0.1, -0.05) is 0 Å². The molecule has 4 rings (SSSR count). The Morgan fingerprint density at radius 2 is 1.93 bits per heavy atom. The number of nitrogens with one attached hydrogen (secondary N) is 2. The van der Waals surface area contributed by atoms with Crippen molar-refractivity contribution in [1.82, 2.24) is 25.1 Å². The van der Waals surface area contributed by atoms with Gasteiger partial charge in [-0.15, -0.1) is 0 Å². The van der Waals surface area contributed by atoms with E-state index in [2.05, 4.69) is 15.3 Å². The van der Waals surface area contributed by atoms with Crippen molar-refractivity contribution in [1.29, 1.82) is 0 Å². The van der Waals surface area contributed by atoms with Crippen LogP contribution in [-0.4, -0.2) is 69.7 Å². The van der Waals surface area contributed by atoms with E-state index in [1.54, 1.807) is 15.9 Å². The van der Waals surface area contributed by atoms with Gasteiger partial charge in [-0.25, -0.2) is 4.98 Å². The maximum atomic E-state index is 12.9. The topological polar surface area (TPSA) is 98.4 Å². The summed E-state index contributed by atoms with van der Waals surface area (Å²) in [6.07, 6.45) is 1.69. The van der Waals surface area contributed by atoms with Gasteiger partial charge in [-0.3, -0.25) is 14.4 Å². The summed E-state index contributed by atoms with van der Waals surface area (Å²) in [5.41, 5.74) is 2.31. The molecular formula is C19H23N5O3. The number of aromatic amines is 1. The molecule has 1 aromatic carbocycles. The van der Waals surface area contributed by atoms with Gasteiger partial charge in [0.05, 0.1) is 11.0 Å². The number of carbonyl (C=O) groups excluding carboxylic acids is 3. The summed E-state index contributed by atoms with van der Waals surface area (Å²) in [5.74, 6) is 0.680. The van der Waals surface area contributed by atoms with Gasteiger partial charge in [-0.2, -0.15) is 0 Å². The summed E-state index contributed by atoms with van der Waals surface area (Å²) in [5, 5.41) is 2.73. The molecule has 142 valence electrons. The summed E-state index contributed by atoms with van der Waals surface area (Å²) in [6.45, 7) is 4.08. The quantitative estimate of drug-likeness (QED) is 0.819. The van der Waals surface area contributed by atoms with Crippen LogP contribution in [0.5, 0.6) is 0 Å². The Bertz CT molecular complexity index is 906. The molecule has 0 saturated carbocycles. The molecule has 0 aliphatic carbocycles. The van der Waals surface area contributed by atoms with Crippen molar-refractivity contribution >= 4 is 28.8 Å². The van der Waals surface area contributed by atoms with Crippen LogP contribution in [0.15, 0.2) is 18.2 Å². The van der Waals surface area contributed by atoms with Crippen molar-refractivity contribution in [3.05, 3.63) is 29.6 Å². The van der Waals surface area contributed by atoms with E-state index in [-0.39, 0.29) is 17.7 Å². The van der Waals surface area contributed by atoms with Crippen molar-refractivity contribution in [3.63, 3.8) is 0 Å². The molecule has 1 aromatic heterocycles. The van der Waals surface area contributed by atoms with Crippen molar-refractivity contribution in [2.24, 2.45) is 0 Å². The Morgan fingerprint density at radius 1 is 1.15 bits per heavy atom. The highest BCUT2D eigenvalue weighted by molar-refractivity contribution is 5.97. The Kier molecular flexibility index (Phi) is 4.55. The predicted molar refractivity (Wildman–Crippen MR) is 99.1 cm³/mol. The van der Waals surface area contributed by atoms with Crippen LogP contribution in [0.4, 0.5) is 0 Å². The fourth-order valence-electron chi connectivity index (χ4n) is 3.81. The predicted octanol–water partition coefficient (Wildman–Crippen LogP) is 0.824. The third-order valence-electron chi connectivity index (χ3n) is 5.24. The van der Waals surface area contributed by atoms with Crippen molar-refractivity contribution in [2.45, 2.75) is 32.2 Å². The van der Waals surface area contributed by atoms with Gasteiger partial charge in [0, 0.05) is 38.2 Å². The monoisotopic (exact) mass is 369 g/mol. The lowest BCUT2D eigenvalue weighted by atomic mass is 10.1. The number of benzene rings is 1. The molecule has 2 fully saturated rings. The lowest BCUT2D eigenvalue weighted by Gasteiger charge is -2.24. The standard InChI is InChI=1S/C19H23N5O3/c1-12-20-14-4-3-13(11-16(14)21-12)18(26)23-7-2-8-24(10-9-23)19(27)15-5-6-17(25)22-15/h3-4,11,15H,2,5-10H2,1H3,(H,20,21)(H,22,25). The summed E-state index contributed by atoms with van der Waals surface area (Å²) in [6, 6.07) is 5.07. The van der Waals surface area contributed by atoms with Gasteiger partial charge >= 0.3 is 0 Å². The summed E-state index contributed by atoms with van der Waals surface area (Å²) in [4.78, 5) is 47.9. The van der Waals surface area contributed by atoms with Gasteiger partial charge in [0.15, 0.2) is 0 Å². The highest BCUT2D eigenvalue weighted by atomic mass is 16.2. The average Bonchev–Trinajstić information content (AvgIpc) is 3.16. The first-order chi connectivity index (χ1) is 13.0. The van der Waals surface area contributed by atoms with E-state index in [1.807, 2.05) is 19.1 Å². The first kappa shape index (κ1) is 17.5. The zero-order valence-electron chi connectivity index (χ0n) is 15.3. The molecule has 2 aliphatic rings. The Balaban J connectivity index is 1.43. The second-order valence-electron chi connectivity index (χ2n) is 7.18. The second kappa shape index (κ2) is 7.02. The molecule has 2 aromatic rings. The molecule has 3 amide bonds. The van der Waals surface area contributed by atoms with Gasteiger partial charge in [0.2, 0.25) is 11.8 Å². The van der Waals surface area contributed by atoms with Crippen LogP contribution in [0.25, 0.3) is 11.0 Å². The van der Waals surface area contributed by atoms with Gasteiger partial charge in [0.25, 0.3) is 5.91 Å². The highest BCUT2D eigenvalue weighted by Crippen LogP contribution is 2.17. The molecule has 2 aliphatic heterocycles. The van der Waals surface area contributed by atoms with Crippen LogP contribution in [-0.2, 0) is 9.59 Å². The van der Waals surface area contributed by atoms with Gasteiger partial charge in [-0.05, 0) is 38.0 Å². The molecule has 0 bridgehead atoms. The third-order valence-corrected chi connectivity index (χ3v) is 5.24. The van der Waals surface area contributed by atoms with Gasteiger partial charge < -0.3 is 20.1 Å². The molecule has 2 N–H and O–H groups in total. The Morgan fingerprint density at radius 3 is 2.70 bits per heavy atom. The molecular weight excluding hydrogens is 346 g/mol. The summed E-state index contributed by atoms with van der Waals surface area (Å²) < 4.78 is 0. The normalized spacial score (nSPS) is 20.6. The molecule has 8 nitrogen and oxygen atoms in total. The molecule has 27 heavy (non-hydrogen) atoms. The van der Waals surface area contributed by atoms with Crippen LogP contribution in [0.3, 0.4) is 0 Å². The highest BCUT2D eigenvalue weighted by Gasteiger charge is 2.32. The molecule has 3 heterocycles. The fourth-order valence-corrected chi connectivity index (χ4v) is 3.81. The number of aromatic nitrogens is 2. The van der Waals surface area contributed by atoms with Crippen molar-refractivity contribution in [2.75, 3.05) is 26.2 Å². The first-order valence-corrected chi connectivity index (χ1v) is 9.35. The molecule has 1 unspecified atom stereocenters. The van der Waals surface area contributed by atoms with E-state index in [0.29, 0.717) is 44.6 Å². The molecule has 0 spiro atoms. The van der Waals surface area contributed by atoms with E-state index >= 15 is 0 Å². The minimum Gasteiger partial charge on any atom is -0.344 e. The van der Waals surface area contributed by atoms with Gasteiger partial charge in [0.1, 0.15) is 11.9 Å². The second-order valence-corrected chi connectivity index (χ2v) is 7.18. The number of rotatable bonds is 2. The van der Waals surface area contributed by atoms with Crippen LogP contribution in [0.2, 0.25) is 0 Å². The smallest absolute Gasteiger partial charge is 0.253 e. The number of hydrogen-bond donors (Lipinski definition) is 2. The Labute approximate surface area is 156 Å². The molecule has 2 saturated heterocycles. The zero-order valence-corrected chi connectivity index (χ0v) is 15.3. The van der Waals surface area contributed by atoms with Crippen LogP contribution in [0, 0.1) is 6.92 Å². The van der Waals surface area contributed by atoms with Crippen LogP contribution >= 0.6 is 0 Å². The SMILES string of the molecule is Cc1nc2ccc(C(=O)N3CCCN(C(=O)C4CCC(=O)N4)CC3)cc2[nH]1. The van der Waals surface area contributed by atoms with E-state index in [0.717, 1.165) is 23.3 Å². The number of nitrogens with zero attached hydrogens (tertiary/aromatic N) is 3. The van der Waals surface area contributed by atoms with E-state index < -0.39 is 6.04 Å². The number of carbonyl (C=O) groups is 3. The molecule has 0 radical (unpaired) electrons. The third kappa shape index (κ3) is 3.51. The number of aryl methyl sites for hydroxylation is 1. The number of hydrogen-bond acceptors (Lipinski definition) is 4. The van der Waals surface area contributed by atoms with E-state index in [1.165, 1.54) is 0 Å². The minimum atomic E-state index is -0.411. The lowest BCUT2D eigenvalue weighted by Crippen LogP contribution is -2.46. The first-order valence-electron chi connectivity index (χ1n) is 9.35. The van der Waals surface area contributed by atoms with Crippen molar-refractivity contribution in [3.8, 4) is 0 Å². The largest absolute Gasteiger partial charge is 0.344 e. The Hall–Kier alpha value is -2.90.